The molecule has 2 N–H and O–H groups in total. The molecule has 0 radical (unpaired) electrons. The van der Waals surface area contributed by atoms with Crippen LogP contribution in [0.5, 0.6) is 0 Å². The average Bonchev–Trinajstić information content (AvgIpc) is 3.35. The Balaban J connectivity index is 1.35. The van der Waals surface area contributed by atoms with Crippen molar-refractivity contribution in [2.45, 2.75) is 26.9 Å². The summed E-state index contributed by atoms with van der Waals surface area (Å²) in [6.45, 7) is 5.06. The summed E-state index contributed by atoms with van der Waals surface area (Å²) in [5.74, 6) is 1.64. The van der Waals surface area contributed by atoms with E-state index in [0.29, 0.717) is 13.1 Å². The van der Waals surface area contributed by atoms with Crippen LogP contribution in [-0.2, 0) is 17.9 Å². The van der Waals surface area contributed by atoms with E-state index in [2.05, 4.69) is 21.7 Å². The minimum Gasteiger partial charge on any atom is -0.457 e. The van der Waals surface area contributed by atoms with Crippen LogP contribution in [0.3, 0.4) is 0 Å². The number of anilines is 1. The molecule has 0 atom stereocenters. The number of benzene rings is 2. The highest BCUT2D eigenvalue weighted by Crippen LogP contribution is 2.31. The normalized spacial score (nSPS) is 11.3. The van der Waals surface area contributed by atoms with Gasteiger partial charge >= 0.3 is 0 Å². The first-order valence-corrected chi connectivity index (χ1v) is 10.5. The van der Waals surface area contributed by atoms with Gasteiger partial charge in [-0.2, -0.15) is 0 Å². The van der Waals surface area contributed by atoms with E-state index in [1.807, 2.05) is 68.4 Å². The molecule has 2 heterocycles. The maximum atomic E-state index is 11.9. The maximum Gasteiger partial charge on any atom is 0.226 e. The third-order valence-corrected chi connectivity index (χ3v) is 5.56. The topological polar surface area (TPSA) is 67.2 Å². The van der Waals surface area contributed by atoms with Gasteiger partial charge in [-0.3, -0.25) is 4.79 Å². The monoisotopic (exact) mass is 405 g/mol. The van der Waals surface area contributed by atoms with Crippen molar-refractivity contribution >= 4 is 33.1 Å². The summed E-state index contributed by atoms with van der Waals surface area (Å²) in [6, 6.07) is 19.9. The molecule has 0 saturated carbocycles. The second kappa shape index (κ2) is 8.59. The van der Waals surface area contributed by atoms with Gasteiger partial charge in [0.2, 0.25) is 5.91 Å². The van der Waals surface area contributed by atoms with Crippen LogP contribution in [0.15, 0.2) is 65.1 Å². The number of hydrogen-bond acceptors (Lipinski definition) is 5. The van der Waals surface area contributed by atoms with E-state index in [9.17, 15) is 4.79 Å². The molecule has 0 saturated heterocycles. The summed E-state index contributed by atoms with van der Waals surface area (Å²) in [5.41, 5.74) is 2.91. The zero-order valence-electron chi connectivity index (χ0n) is 16.4. The summed E-state index contributed by atoms with van der Waals surface area (Å²) in [5, 5.41) is 7.21. The molecule has 1 amide bonds. The van der Waals surface area contributed by atoms with Gasteiger partial charge in [0, 0.05) is 18.2 Å². The SMILES string of the molecule is CC(C)C(=O)Nc1cccc(CNCc2ccc(-c3nc4ccccc4s3)o2)c1. The lowest BCUT2D eigenvalue weighted by Gasteiger charge is -2.09. The van der Waals surface area contributed by atoms with Crippen LogP contribution < -0.4 is 10.6 Å². The van der Waals surface area contributed by atoms with Gasteiger partial charge in [0.1, 0.15) is 5.76 Å². The third kappa shape index (κ3) is 4.72. The Kier molecular flexibility index (Phi) is 5.74. The summed E-state index contributed by atoms with van der Waals surface area (Å²) in [6.07, 6.45) is 0. The maximum absolute atomic E-state index is 11.9. The molecule has 29 heavy (non-hydrogen) atoms. The van der Waals surface area contributed by atoms with E-state index in [4.69, 9.17) is 4.42 Å². The average molecular weight is 406 g/mol. The number of hydrogen-bond donors (Lipinski definition) is 2. The Bertz CT molecular complexity index is 1100. The fraction of sp³-hybridized carbons (Fsp3) is 0.217. The number of carbonyl (C=O) groups excluding carboxylic acids is 1. The number of fused-ring (bicyclic) bond motifs is 1. The van der Waals surface area contributed by atoms with Crippen LogP contribution in [0, 0.1) is 5.92 Å². The number of furan rings is 1. The van der Waals surface area contributed by atoms with Crippen molar-refractivity contribution in [3.8, 4) is 10.8 Å². The van der Waals surface area contributed by atoms with E-state index in [-0.39, 0.29) is 11.8 Å². The predicted molar refractivity (Wildman–Crippen MR) is 118 cm³/mol. The molecular weight excluding hydrogens is 382 g/mol. The molecule has 2 aromatic carbocycles. The molecule has 0 aliphatic heterocycles. The number of nitrogens with zero attached hydrogens (tertiary/aromatic N) is 1. The van der Waals surface area contributed by atoms with Crippen molar-refractivity contribution in [1.82, 2.24) is 10.3 Å². The van der Waals surface area contributed by atoms with Gasteiger partial charge in [-0.15, -0.1) is 11.3 Å². The summed E-state index contributed by atoms with van der Waals surface area (Å²) < 4.78 is 7.12. The molecular formula is C23H23N3O2S. The van der Waals surface area contributed by atoms with Crippen molar-refractivity contribution in [2.75, 3.05) is 5.32 Å². The second-order valence-electron chi connectivity index (χ2n) is 7.20. The Morgan fingerprint density at radius 2 is 1.93 bits per heavy atom. The van der Waals surface area contributed by atoms with Gasteiger partial charge in [-0.25, -0.2) is 4.98 Å². The number of para-hydroxylation sites is 1. The zero-order valence-corrected chi connectivity index (χ0v) is 17.3. The van der Waals surface area contributed by atoms with E-state index in [0.717, 1.165) is 38.0 Å². The van der Waals surface area contributed by atoms with E-state index in [1.165, 1.54) is 0 Å². The second-order valence-corrected chi connectivity index (χ2v) is 8.23. The molecule has 0 unspecified atom stereocenters. The van der Waals surface area contributed by atoms with Crippen molar-refractivity contribution in [2.24, 2.45) is 5.92 Å². The van der Waals surface area contributed by atoms with Crippen LogP contribution >= 0.6 is 11.3 Å². The van der Waals surface area contributed by atoms with Gasteiger partial charge in [-0.1, -0.05) is 38.1 Å². The molecule has 0 aliphatic carbocycles. The van der Waals surface area contributed by atoms with E-state index >= 15 is 0 Å². The van der Waals surface area contributed by atoms with Gasteiger partial charge < -0.3 is 15.1 Å². The fourth-order valence-corrected chi connectivity index (χ4v) is 3.87. The first-order chi connectivity index (χ1) is 14.1. The fourth-order valence-electron chi connectivity index (χ4n) is 2.94. The third-order valence-electron chi connectivity index (χ3n) is 4.51. The predicted octanol–water partition coefficient (Wildman–Crippen LogP) is 5.44. The van der Waals surface area contributed by atoms with E-state index < -0.39 is 0 Å². The molecule has 4 aromatic rings. The first kappa shape index (κ1) is 19.4. The Morgan fingerprint density at radius 3 is 2.76 bits per heavy atom. The first-order valence-electron chi connectivity index (χ1n) is 9.63. The van der Waals surface area contributed by atoms with Gasteiger partial charge in [0.05, 0.1) is 16.8 Å². The lowest BCUT2D eigenvalue weighted by atomic mass is 10.1. The Hall–Kier alpha value is -2.96. The van der Waals surface area contributed by atoms with Crippen LogP contribution in [0.2, 0.25) is 0 Å². The highest BCUT2D eigenvalue weighted by Gasteiger charge is 2.11. The van der Waals surface area contributed by atoms with Crippen molar-refractivity contribution in [1.29, 1.82) is 0 Å². The number of amides is 1. The number of thiazole rings is 1. The Morgan fingerprint density at radius 1 is 1.07 bits per heavy atom. The molecule has 0 spiro atoms. The number of aromatic nitrogens is 1. The zero-order chi connectivity index (χ0) is 20.2. The summed E-state index contributed by atoms with van der Waals surface area (Å²) >= 11 is 1.63. The molecule has 0 aliphatic rings. The van der Waals surface area contributed by atoms with Crippen LogP contribution in [0.1, 0.15) is 25.2 Å². The van der Waals surface area contributed by atoms with Gasteiger partial charge in [-0.05, 0) is 42.0 Å². The van der Waals surface area contributed by atoms with Crippen molar-refractivity contribution in [3.05, 3.63) is 72.0 Å². The number of rotatable bonds is 7. The van der Waals surface area contributed by atoms with Crippen LogP contribution in [-0.4, -0.2) is 10.9 Å². The molecule has 5 nitrogen and oxygen atoms in total. The van der Waals surface area contributed by atoms with Gasteiger partial charge in [0.15, 0.2) is 10.8 Å². The largest absolute Gasteiger partial charge is 0.457 e. The molecule has 6 heteroatoms. The minimum atomic E-state index is -0.0413. The summed E-state index contributed by atoms with van der Waals surface area (Å²) in [4.78, 5) is 16.5. The van der Waals surface area contributed by atoms with Crippen molar-refractivity contribution in [3.63, 3.8) is 0 Å². The lowest BCUT2D eigenvalue weighted by molar-refractivity contribution is -0.118. The molecule has 148 valence electrons. The lowest BCUT2D eigenvalue weighted by Crippen LogP contribution is -2.18. The smallest absolute Gasteiger partial charge is 0.226 e. The molecule has 0 fully saturated rings. The van der Waals surface area contributed by atoms with Crippen LogP contribution in [0.25, 0.3) is 21.0 Å². The quantitative estimate of drug-likeness (QED) is 0.430. The Labute approximate surface area is 173 Å². The number of nitrogens with one attached hydrogen (secondary N) is 2. The highest BCUT2D eigenvalue weighted by molar-refractivity contribution is 7.21. The molecule has 2 aromatic heterocycles. The van der Waals surface area contributed by atoms with Gasteiger partial charge in [0.25, 0.3) is 0 Å². The number of carbonyl (C=O) groups is 1. The van der Waals surface area contributed by atoms with Crippen molar-refractivity contribution < 1.29 is 9.21 Å². The summed E-state index contributed by atoms with van der Waals surface area (Å²) in [7, 11) is 0. The minimum absolute atomic E-state index is 0.0214. The standard InChI is InChI=1S/C23H23N3O2S/c1-15(2)22(27)25-17-7-5-6-16(12-17)13-24-14-18-10-11-20(28-18)23-26-19-8-3-4-9-21(19)29-23/h3-12,15,24H,13-14H2,1-2H3,(H,25,27). The van der Waals surface area contributed by atoms with Crippen LogP contribution in [0.4, 0.5) is 5.69 Å². The molecule has 0 bridgehead atoms. The van der Waals surface area contributed by atoms with E-state index in [1.54, 1.807) is 11.3 Å². The molecule has 4 rings (SSSR count). The highest BCUT2D eigenvalue weighted by atomic mass is 32.1.